The second kappa shape index (κ2) is 12.2. The topological polar surface area (TPSA) is 149 Å². The Hall–Kier alpha value is -3.88. The van der Waals surface area contributed by atoms with Crippen molar-refractivity contribution in [1.82, 2.24) is 15.6 Å². The highest BCUT2D eigenvalue weighted by molar-refractivity contribution is 6.09. The van der Waals surface area contributed by atoms with Crippen molar-refractivity contribution in [2.24, 2.45) is 0 Å². The third kappa shape index (κ3) is 7.31. The number of carbonyl (C=O) groups is 4. The van der Waals surface area contributed by atoms with Gasteiger partial charge >= 0.3 is 18.1 Å². The maximum absolute atomic E-state index is 14.2. The molecule has 3 rings (SSSR count). The van der Waals surface area contributed by atoms with E-state index in [1.807, 2.05) is 4.90 Å². The number of aromatic nitrogens is 1. The van der Waals surface area contributed by atoms with Crippen molar-refractivity contribution in [3.05, 3.63) is 35.8 Å². The van der Waals surface area contributed by atoms with Crippen LogP contribution in [0.5, 0.6) is 0 Å². The van der Waals surface area contributed by atoms with E-state index in [2.05, 4.69) is 15.6 Å². The van der Waals surface area contributed by atoms with Crippen LogP contribution >= 0.6 is 0 Å². The number of pyridine rings is 1. The standard InChI is InChI=1S/C19H20F2N4O4.C2HF3O2/c20-9-15(26)14(8-16(27)28)24-19(29)12-10-23-17-11(2-1-3-13(17)21)18(12)25-6-4-22-5-7-25;3-2(4,5)1(6)7/h1-3,10,14,22H,4-9H2,(H,24,29)(H,27,28);(H,6,7). The average molecular weight is 520 g/mol. The Morgan fingerprint density at radius 1 is 1.14 bits per heavy atom. The van der Waals surface area contributed by atoms with Crippen molar-refractivity contribution < 1.29 is 51.3 Å². The van der Waals surface area contributed by atoms with Gasteiger partial charge in [0.2, 0.25) is 0 Å². The molecule has 1 aromatic carbocycles. The van der Waals surface area contributed by atoms with Crippen molar-refractivity contribution >= 4 is 40.2 Å². The molecular formula is C21H21F5N4O6. The van der Waals surface area contributed by atoms with Crippen LogP contribution in [0.15, 0.2) is 24.4 Å². The molecule has 0 saturated carbocycles. The number of nitrogens with zero attached hydrogens (tertiary/aromatic N) is 2. The van der Waals surface area contributed by atoms with Gasteiger partial charge in [0.25, 0.3) is 5.91 Å². The smallest absolute Gasteiger partial charge is 0.481 e. The first-order valence-corrected chi connectivity index (χ1v) is 10.3. The number of halogens is 5. The molecule has 0 spiro atoms. The molecule has 0 bridgehead atoms. The molecule has 2 aromatic rings. The summed E-state index contributed by atoms with van der Waals surface area (Å²) in [6.45, 7) is 1.02. The number of carboxylic acids is 2. The van der Waals surface area contributed by atoms with Gasteiger partial charge in [0, 0.05) is 37.8 Å². The van der Waals surface area contributed by atoms with Gasteiger partial charge in [-0.3, -0.25) is 19.4 Å². The number of para-hydroxylation sites is 1. The van der Waals surface area contributed by atoms with Crippen LogP contribution in [-0.2, 0) is 14.4 Å². The van der Waals surface area contributed by atoms with E-state index in [-0.39, 0.29) is 11.1 Å². The highest BCUT2D eigenvalue weighted by Gasteiger charge is 2.38. The van der Waals surface area contributed by atoms with Gasteiger partial charge in [-0.15, -0.1) is 0 Å². The van der Waals surface area contributed by atoms with Crippen LogP contribution in [0, 0.1) is 5.82 Å². The Balaban J connectivity index is 0.000000572. The van der Waals surface area contributed by atoms with Crippen LogP contribution in [0.1, 0.15) is 16.8 Å². The van der Waals surface area contributed by atoms with Gasteiger partial charge in [0.15, 0.2) is 5.78 Å². The number of carboxylic acid groups (broad SMARTS) is 2. The molecule has 4 N–H and O–H groups in total. The fourth-order valence-corrected chi connectivity index (χ4v) is 3.32. The van der Waals surface area contributed by atoms with E-state index in [0.29, 0.717) is 37.3 Å². The highest BCUT2D eigenvalue weighted by Crippen LogP contribution is 2.31. The predicted molar refractivity (Wildman–Crippen MR) is 115 cm³/mol. The number of fused-ring (bicyclic) bond motifs is 1. The summed E-state index contributed by atoms with van der Waals surface area (Å²) in [5.74, 6) is -6.46. The number of aliphatic carboxylic acids is 2. The highest BCUT2D eigenvalue weighted by atomic mass is 19.4. The molecule has 1 fully saturated rings. The lowest BCUT2D eigenvalue weighted by molar-refractivity contribution is -0.192. The van der Waals surface area contributed by atoms with E-state index in [1.165, 1.54) is 18.3 Å². The SMILES string of the molecule is O=C(O)C(F)(F)F.O=C(O)CC(NC(=O)c1cnc2c(F)cccc2c1N1CCNCC1)C(=O)CF. The zero-order valence-corrected chi connectivity index (χ0v) is 18.4. The molecule has 196 valence electrons. The molecule has 1 aromatic heterocycles. The molecule has 15 heteroatoms. The number of carbonyl (C=O) groups excluding carboxylic acids is 2. The molecule has 1 atom stereocenters. The van der Waals surface area contributed by atoms with Crippen LogP contribution in [0.25, 0.3) is 10.9 Å². The van der Waals surface area contributed by atoms with Crippen LogP contribution in [0.3, 0.4) is 0 Å². The number of amides is 1. The van der Waals surface area contributed by atoms with Crippen LogP contribution in [0.4, 0.5) is 27.6 Å². The summed E-state index contributed by atoms with van der Waals surface area (Å²) >= 11 is 0. The Bertz CT molecular complexity index is 1140. The first-order chi connectivity index (χ1) is 16.9. The number of hydrogen-bond acceptors (Lipinski definition) is 7. The van der Waals surface area contributed by atoms with E-state index < -0.39 is 54.8 Å². The zero-order valence-electron chi connectivity index (χ0n) is 18.4. The van der Waals surface area contributed by atoms with Crippen molar-refractivity contribution in [3.63, 3.8) is 0 Å². The normalized spacial score (nSPS) is 14.4. The van der Waals surface area contributed by atoms with Crippen molar-refractivity contribution in [2.75, 3.05) is 37.8 Å². The fraction of sp³-hybridized carbons (Fsp3) is 0.381. The molecule has 0 radical (unpaired) electrons. The largest absolute Gasteiger partial charge is 0.490 e. The molecule has 10 nitrogen and oxygen atoms in total. The Morgan fingerprint density at radius 3 is 2.28 bits per heavy atom. The zero-order chi connectivity index (χ0) is 27.0. The maximum atomic E-state index is 14.2. The Kier molecular flexibility index (Phi) is 9.60. The number of piperazine rings is 1. The lowest BCUT2D eigenvalue weighted by Crippen LogP contribution is -2.46. The number of ketones is 1. The summed E-state index contributed by atoms with van der Waals surface area (Å²) in [4.78, 5) is 50.4. The van der Waals surface area contributed by atoms with Gasteiger partial charge in [0.1, 0.15) is 24.1 Å². The van der Waals surface area contributed by atoms with Crippen LogP contribution in [0.2, 0.25) is 0 Å². The Labute approximate surface area is 200 Å². The summed E-state index contributed by atoms with van der Waals surface area (Å²) in [5.41, 5.74) is 0.599. The van der Waals surface area contributed by atoms with Crippen LogP contribution < -0.4 is 15.5 Å². The minimum atomic E-state index is -5.08. The lowest BCUT2D eigenvalue weighted by atomic mass is 10.0. The third-order valence-electron chi connectivity index (χ3n) is 4.94. The summed E-state index contributed by atoms with van der Waals surface area (Å²) in [7, 11) is 0. The summed E-state index contributed by atoms with van der Waals surface area (Å²) < 4.78 is 58.8. The monoisotopic (exact) mass is 520 g/mol. The van der Waals surface area contributed by atoms with Gasteiger partial charge in [-0.1, -0.05) is 12.1 Å². The summed E-state index contributed by atoms with van der Waals surface area (Å²) in [6.07, 6.45) is -4.64. The van der Waals surface area contributed by atoms with Crippen molar-refractivity contribution in [2.45, 2.75) is 18.6 Å². The number of rotatable bonds is 7. The number of Topliss-reactive ketones (excluding diaryl/α,β-unsaturated/α-hetero) is 1. The van der Waals surface area contributed by atoms with E-state index >= 15 is 0 Å². The van der Waals surface area contributed by atoms with Crippen molar-refractivity contribution in [1.29, 1.82) is 0 Å². The van der Waals surface area contributed by atoms with E-state index in [4.69, 9.17) is 15.0 Å². The molecule has 1 aliphatic rings. The number of hydrogen-bond donors (Lipinski definition) is 4. The minimum Gasteiger partial charge on any atom is -0.481 e. The molecule has 2 heterocycles. The third-order valence-corrected chi connectivity index (χ3v) is 4.94. The predicted octanol–water partition coefficient (Wildman–Crippen LogP) is 1.53. The quantitative estimate of drug-likeness (QED) is 0.399. The van der Waals surface area contributed by atoms with Gasteiger partial charge in [-0.05, 0) is 6.07 Å². The molecule has 36 heavy (non-hydrogen) atoms. The van der Waals surface area contributed by atoms with Gasteiger partial charge in [-0.2, -0.15) is 13.2 Å². The van der Waals surface area contributed by atoms with Gasteiger partial charge in [-0.25, -0.2) is 13.6 Å². The van der Waals surface area contributed by atoms with Crippen molar-refractivity contribution in [3.8, 4) is 0 Å². The van der Waals surface area contributed by atoms with E-state index in [0.717, 1.165) is 0 Å². The molecule has 1 saturated heterocycles. The summed E-state index contributed by atoms with van der Waals surface area (Å²) in [6, 6.07) is 2.90. The van der Waals surface area contributed by atoms with Gasteiger partial charge in [0.05, 0.1) is 17.7 Å². The number of benzene rings is 1. The maximum Gasteiger partial charge on any atom is 0.490 e. The number of alkyl halides is 4. The molecule has 0 aliphatic carbocycles. The average Bonchev–Trinajstić information content (AvgIpc) is 2.82. The van der Waals surface area contributed by atoms with E-state index in [9.17, 15) is 36.3 Å². The minimum absolute atomic E-state index is 0.0621. The number of nitrogens with one attached hydrogen (secondary N) is 2. The van der Waals surface area contributed by atoms with Crippen LogP contribution in [-0.4, -0.2) is 83.9 Å². The second-order valence-electron chi connectivity index (χ2n) is 7.42. The fourth-order valence-electron chi connectivity index (χ4n) is 3.32. The lowest BCUT2D eigenvalue weighted by Gasteiger charge is -2.32. The molecule has 1 amide bonds. The van der Waals surface area contributed by atoms with E-state index in [1.54, 1.807) is 6.07 Å². The Morgan fingerprint density at radius 2 is 1.75 bits per heavy atom. The molecule has 1 unspecified atom stereocenters. The van der Waals surface area contributed by atoms with Gasteiger partial charge < -0.3 is 25.7 Å². The molecular weight excluding hydrogens is 499 g/mol. The first-order valence-electron chi connectivity index (χ1n) is 10.3. The summed E-state index contributed by atoms with van der Waals surface area (Å²) in [5, 5.41) is 22.0. The first kappa shape index (κ1) is 28.4. The molecule has 1 aliphatic heterocycles. The number of anilines is 1. The second-order valence-corrected chi connectivity index (χ2v) is 7.42.